The summed E-state index contributed by atoms with van der Waals surface area (Å²) < 4.78 is 0. The van der Waals surface area contributed by atoms with Gasteiger partial charge in [0, 0.05) is 6.20 Å². The quantitative estimate of drug-likeness (QED) is 0.575. The molecule has 0 saturated heterocycles. The Morgan fingerprint density at radius 3 is 2.25 bits per heavy atom. The van der Waals surface area contributed by atoms with Crippen molar-refractivity contribution >= 4 is 5.84 Å². The van der Waals surface area contributed by atoms with Crippen molar-refractivity contribution in [1.82, 2.24) is 5.32 Å². The van der Waals surface area contributed by atoms with Gasteiger partial charge in [0.1, 0.15) is 11.7 Å². The van der Waals surface area contributed by atoms with Gasteiger partial charge < -0.3 is 11.1 Å². The highest BCUT2D eigenvalue weighted by Gasteiger charge is 1.92. The topological polar surface area (TPSA) is 50.4 Å². The van der Waals surface area contributed by atoms with Gasteiger partial charge in [0.05, 0.1) is 0 Å². The lowest BCUT2D eigenvalue weighted by molar-refractivity contribution is 0.737. The largest absolute Gasteiger partial charge is 0.384 e. The second kappa shape index (κ2) is 5.41. The van der Waals surface area contributed by atoms with Crippen molar-refractivity contribution in [3.63, 3.8) is 0 Å². The van der Waals surface area contributed by atoms with Gasteiger partial charge in [-0.3, -0.25) is 0 Å². The molecule has 0 aromatic heterocycles. The third-order valence-electron chi connectivity index (χ3n) is 0.768. The Morgan fingerprint density at radius 2 is 2.00 bits per heavy atom. The predicted octanol–water partition coefficient (Wildman–Crippen LogP) is 1.59. The minimum atomic E-state index is 0.494. The molecule has 68 valence electrons. The lowest BCUT2D eigenvalue weighted by atomic mass is 10.3. The monoisotopic (exact) mass is 167 g/mol. The Labute approximate surface area is 74.1 Å². The van der Waals surface area contributed by atoms with Crippen LogP contribution in [-0.2, 0) is 0 Å². The number of nitrogens with two attached hydrogens (primary N) is 1. The lowest BCUT2D eigenvalue weighted by Gasteiger charge is -2.03. The zero-order valence-corrected chi connectivity index (χ0v) is 7.96. The van der Waals surface area contributed by atoms with Gasteiger partial charge in [0.25, 0.3) is 0 Å². The number of nitrogens with one attached hydrogen (secondary N) is 1. The van der Waals surface area contributed by atoms with Crippen molar-refractivity contribution < 1.29 is 0 Å². The molecule has 1 aliphatic rings. The third kappa shape index (κ3) is 6.86. The van der Waals surface area contributed by atoms with Crippen LogP contribution in [0.4, 0.5) is 0 Å². The molecule has 0 atom stereocenters. The van der Waals surface area contributed by atoms with Gasteiger partial charge >= 0.3 is 0 Å². The van der Waals surface area contributed by atoms with E-state index in [2.05, 4.69) is 37.7 Å². The minimum Gasteiger partial charge on any atom is -0.384 e. The second-order valence-corrected chi connectivity index (χ2v) is 3.19. The molecule has 0 saturated carbocycles. The first-order valence-corrected chi connectivity index (χ1v) is 3.98. The van der Waals surface area contributed by atoms with Gasteiger partial charge in [-0.1, -0.05) is 27.4 Å². The molecular formula is C9H17N3. The van der Waals surface area contributed by atoms with Crippen LogP contribution >= 0.6 is 0 Å². The summed E-state index contributed by atoms with van der Waals surface area (Å²) in [5, 5.41) is 2.77. The third-order valence-corrected chi connectivity index (χ3v) is 0.768. The van der Waals surface area contributed by atoms with E-state index in [0.717, 1.165) is 5.92 Å². The normalized spacial score (nSPS) is 14.7. The maximum atomic E-state index is 5.29. The smallest absolute Gasteiger partial charge is 0.127 e. The summed E-state index contributed by atoms with van der Waals surface area (Å²) in [7, 11) is 0. The first kappa shape index (κ1) is 10.8. The molecule has 3 heteroatoms. The fraction of sp³-hybridized carbons (Fsp3) is 0.444. The van der Waals surface area contributed by atoms with Crippen molar-refractivity contribution in [1.29, 1.82) is 0 Å². The summed E-state index contributed by atoms with van der Waals surface area (Å²) >= 11 is 0. The summed E-state index contributed by atoms with van der Waals surface area (Å²) in [6, 6.07) is 0. The van der Waals surface area contributed by atoms with Crippen LogP contribution in [0, 0.1) is 5.92 Å². The predicted molar refractivity (Wildman–Crippen MR) is 53.6 cm³/mol. The Hall–Kier alpha value is -1.25. The fourth-order valence-corrected chi connectivity index (χ4v) is 0.449. The minimum absolute atomic E-state index is 0.494. The molecular weight excluding hydrogens is 150 g/mol. The lowest BCUT2D eigenvalue weighted by Crippen LogP contribution is -2.16. The van der Waals surface area contributed by atoms with Crippen molar-refractivity contribution in [3.8, 4) is 0 Å². The molecule has 0 amide bonds. The van der Waals surface area contributed by atoms with E-state index < -0.39 is 0 Å². The summed E-state index contributed by atoms with van der Waals surface area (Å²) in [6.45, 7) is 10.0. The maximum Gasteiger partial charge on any atom is 0.127 e. The van der Waals surface area contributed by atoms with Crippen LogP contribution in [0.3, 0.4) is 0 Å². The van der Waals surface area contributed by atoms with E-state index in [1.165, 1.54) is 0 Å². The molecule has 0 spiro atoms. The maximum absolute atomic E-state index is 5.29. The van der Waals surface area contributed by atoms with Crippen molar-refractivity contribution in [2.45, 2.75) is 20.8 Å². The highest BCUT2D eigenvalue weighted by atomic mass is 15.1. The molecule has 0 aromatic rings. The van der Waals surface area contributed by atoms with Crippen LogP contribution in [0.25, 0.3) is 0 Å². The SMILES string of the molecule is C=C1N=C(N)C=CN1.CC(C)C. The highest BCUT2D eigenvalue weighted by molar-refractivity contribution is 5.92. The average molecular weight is 167 g/mol. The molecule has 1 heterocycles. The molecule has 1 aliphatic heterocycles. The fourth-order valence-electron chi connectivity index (χ4n) is 0.449. The first-order valence-electron chi connectivity index (χ1n) is 3.98. The van der Waals surface area contributed by atoms with E-state index in [9.17, 15) is 0 Å². The Balaban J connectivity index is 0.000000261. The summed E-state index contributed by atoms with van der Waals surface area (Å²) in [4.78, 5) is 3.78. The van der Waals surface area contributed by atoms with Crippen molar-refractivity contribution in [3.05, 3.63) is 24.7 Å². The molecule has 1 rings (SSSR count). The van der Waals surface area contributed by atoms with Crippen LogP contribution in [0.5, 0.6) is 0 Å². The van der Waals surface area contributed by atoms with Gasteiger partial charge in [0.2, 0.25) is 0 Å². The van der Waals surface area contributed by atoms with Gasteiger partial charge in [0.15, 0.2) is 0 Å². The molecule has 0 bridgehead atoms. The van der Waals surface area contributed by atoms with Gasteiger partial charge in [-0.05, 0) is 12.0 Å². The molecule has 3 nitrogen and oxygen atoms in total. The zero-order valence-electron chi connectivity index (χ0n) is 7.96. The number of amidine groups is 1. The van der Waals surface area contributed by atoms with Crippen LogP contribution in [0.1, 0.15) is 20.8 Å². The van der Waals surface area contributed by atoms with Gasteiger partial charge in [-0.2, -0.15) is 0 Å². The molecule has 0 aliphatic carbocycles. The Bertz CT molecular complexity index is 199. The molecule has 0 fully saturated rings. The molecule has 12 heavy (non-hydrogen) atoms. The first-order chi connectivity index (χ1) is 5.52. The van der Waals surface area contributed by atoms with E-state index in [0.29, 0.717) is 11.7 Å². The average Bonchev–Trinajstić information content (AvgIpc) is 1.84. The molecule has 0 aromatic carbocycles. The highest BCUT2D eigenvalue weighted by Crippen LogP contribution is 1.91. The van der Waals surface area contributed by atoms with Crippen LogP contribution in [-0.4, -0.2) is 5.84 Å². The number of hydrogen-bond acceptors (Lipinski definition) is 3. The summed E-state index contributed by atoms with van der Waals surface area (Å²) in [6.07, 6.45) is 3.37. The van der Waals surface area contributed by atoms with Crippen molar-refractivity contribution in [2.75, 3.05) is 0 Å². The van der Waals surface area contributed by atoms with E-state index in [1.54, 1.807) is 12.3 Å². The van der Waals surface area contributed by atoms with Crippen LogP contribution in [0.15, 0.2) is 29.7 Å². The van der Waals surface area contributed by atoms with E-state index in [4.69, 9.17) is 5.73 Å². The van der Waals surface area contributed by atoms with Gasteiger partial charge in [-0.25, -0.2) is 4.99 Å². The number of aliphatic imine (C=N–C) groups is 1. The Morgan fingerprint density at radius 1 is 1.50 bits per heavy atom. The van der Waals surface area contributed by atoms with E-state index >= 15 is 0 Å². The summed E-state index contributed by atoms with van der Waals surface area (Å²) in [5.41, 5.74) is 5.29. The van der Waals surface area contributed by atoms with Crippen LogP contribution < -0.4 is 11.1 Å². The van der Waals surface area contributed by atoms with Crippen LogP contribution in [0.2, 0.25) is 0 Å². The molecule has 3 N–H and O–H groups in total. The number of rotatable bonds is 0. The Kier molecular flexibility index (Phi) is 4.84. The van der Waals surface area contributed by atoms with E-state index in [-0.39, 0.29) is 0 Å². The number of nitrogens with zero attached hydrogens (tertiary/aromatic N) is 1. The second-order valence-electron chi connectivity index (χ2n) is 3.19. The number of hydrogen-bond donors (Lipinski definition) is 2. The molecule has 0 radical (unpaired) electrons. The van der Waals surface area contributed by atoms with Gasteiger partial charge in [-0.15, -0.1) is 0 Å². The van der Waals surface area contributed by atoms with Crippen molar-refractivity contribution in [2.24, 2.45) is 16.6 Å². The summed E-state index contributed by atoms with van der Waals surface area (Å²) in [5.74, 6) is 1.92. The molecule has 0 unspecified atom stereocenters. The zero-order chi connectivity index (χ0) is 9.56. The standard InChI is InChI=1S/C5H7N3.C4H10/c1-4-7-3-2-5(6)8-4;1-4(2)3/h2-3,7H,1H2,(H2,6,8);4H,1-3H3. The van der Waals surface area contributed by atoms with E-state index in [1.807, 2.05) is 0 Å².